The predicted molar refractivity (Wildman–Crippen MR) is 69.7 cm³/mol. The molecule has 0 radical (unpaired) electrons. The smallest absolute Gasteiger partial charge is 0.0104 e. The van der Waals surface area contributed by atoms with Crippen LogP contribution in [0.2, 0.25) is 0 Å². The molecule has 0 aromatic carbocycles. The van der Waals surface area contributed by atoms with Gasteiger partial charge in [0.05, 0.1) is 0 Å². The molecule has 2 atom stereocenters. The first-order valence-electron chi connectivity index (χ1n) is 7.18. The standard InChI is InChI=1S/C14H28N2/c1-16(2)14-10-6-9-13(11-14)15-12-7-4-3-5-8-12/h12-15H,3-11H2,1-2H3. The van der Waals surface area contributed by atoms with E-state index in [0.717, 1.165) is 18.1 Å². The quantitative estimate of drug-likeness (QED) is 0.793. The highest BCUT2D eigenvalue weighted by molar-refractivity contribution is 4.85. The summed E-state index contributed by atoms with van der Waals surface area (Å²) in [6.07, 6.45) is 12.8. The lowest BCUT2D eigenvalue weighted by atomic mass is 9.88. The van der Waals surface area contributed by atoms with Crippen molar-refractivity contribution in [1.29, 1.82) is 0 Å². The highest BCUT2D eigenvalue weighted by atomic mass is 15.1. The monoisotopic (exact) mass is 224 g/mol. The Morgan fingerprint density at radius 2 is 1.50 bits per heavy atom. The third-order valence-corrected chi connectivity index (χ3v) is 4.45. The molecule has 2 aliphatic rings. The van der Waals surface area contributed by atoms with Crippen LogP contribution in [0.3, 0.4) is 0 Å². The molecule has 0 heterocycles. The highest BCUT2D eigenvalue weighted by Gasteiger charge is 2.25. The number of nitrogens with one attached hydrogen (secondary N) is 1. The van der Waals surface area contributed by atoms with Gasteiger partial charge >= 0.3 is 0 Å². The molecular weight excluding hydrogens is 196 g/mol. The van der Waals surface area contributed by atoms with E-state index in [4.69, 9.17) is 0 Å². The second-order valence-corrected chi connectivity index (χ2v) is 5.98. The van der Waals surface area contributed by atoms with E-state index in [1.165, 1.54) is 57.8 Å². The fourth-order valence-electron chi connectivity index (χ4n) is 3.39. The van der Waals surface area contributed by atoms with E-state index in [1.54, 1.807) is 0 Å². The Labute approximate surface area is 101 Å². The van der Waals surface area contributed by atoms with Gasteiger partial charge < -0.3 is 10.2 Å². The summed E-state index contributed by atoms with van der Waals surface area (Å²) in [5, 5.41) is 3.92. The maximum absolute atomic E-state index is 3.92. The van der Waals surface area contributed by atoms with Crippen molar-refractivity contribution in [2.75, 3.05) is 14.1 Å². The van der Waals surface area contributed by atoms with Gasteiger partial charge in [0, 0.05) is 18.1 Å². The van der Waals surface area contributed by atoms with Crippen LogP contribution in [0, 0.1) is 0 Å². The molecule has 2 nitrogen and oxygen atoms in total. The van der Waals surface area contributed by atoms with Gasteiger partial charge in [-0.3, -0.25) is 0 Å². The lowest BCUT2D eigenvalue weighted by Gasteiger charge is -2.36. The third kappa shape index (κ3) is 3.46. The molecule has 0 amide bonds. The molecule has 2 fully saturated rings. The average molecular weight is 224 g/mol. The molecule has 0 saturated heterocycles. The van der Waals surface area contributed by atoms with Gasteiger partial charge in [0.15, 0.2) is 0 Å². The molecule has 0 bridgehead atoms. The van der Waals surface area contributed by atoms with Crippen LogP contribution in [0.4, 0.5) is 0 Å². The zero-order valence-corrected chi connectivity index (χ0v) is 11.0. The molecular formula is C14H28N2. The van der Waals surface area contributed by atoms with Crippen LogP contribution >= 0.6 is 0 Å². The number of rotatable bonds is 3. The number of hydrogen-bond donors (Lipinski definition) is 1. The van der Waals surface area contributed by atoms with Crippen LogP contribution in [-0.4, -0.2) is 37.1 Å². The van der Waals surface area contributed by atoms with Crippen molar-refractivity contribution in [2.45, 2.75) is 75.9 Å². The van der Waals surface area contributed by atoms with Crippen molar-refractivity contribution >= 4 is 0 Å². The van der Waals surface area contributed by atoms with E-state index in [0.29, 0.717) is 0 Å². The minimum atomic E-state index is 0.796. The van der Waals surface area contributed by atoms with Gasteiger partial charge in [-0.25, -0.2) is 0 Å². The van der Waals surface area contributed by atoms with Crippen molar-refractivity contribution in [3.05, 3.63) is 0 Å². The van der Waals surface area contributed by atoms with E-state index in [2.05, 4.69) is 24.3 Å². The topological polar surface area (TPSA) is 15.3 Å². The molecule has 0 aliphatic heterocycles. The average Bonchev–Trinajstić information content (AvgIpc) is 2.30. The fourth-order valence-corrected chi connectivity index (χ4v) is 3.39. The van der Waals surface area contributed by atoms with Crippen molar-refractivity contribution in [3.63, 3.8) is 0 Å². The molecule has 2 rings (SSSR count). The van der Waals surface area contributed by atoms with Crippen LogP contribution < -0.4 is 5.32 Å². The molecule has 16 heavy (non-hydrogen) atoms. The summed E-state index contributed by atoms with van der Waals surface area (Å²) >= 11 is 0. The van der Waals surface area contributed by atoms with Crippen LogP contribution in [0.15, 0.2) is 0 Å². The van der Waals surface area contributed by atoms with Gasteiger partial charge in [-0.15, -0.1) is 0 Å². The third-order valence-electron chi connectivity index (χ3n) is 4.45. The van der Waals surface area contributed by atoms with E-state index in [1.807, 2.05) is 0 Å². The second-order valence-electron chi connectivity index (χ2n) is 5.98. The Morgan fingerprint density at radius 1 is 0.812 bits per heavy atom. The van der Waals surface area contributed by atoms with Crippen molar-refractivity contribution in [3.8, 4) is 0 Å². The van der Waals surface area contributed by atoms with Crippen LogP contribution in [-0.2, 0) is 0 Å². The van der Waals surface area contributed by atoms with Crippen LogP contribution in [0.5, 0.6) is 0 Å². The molecule has 1 N–H and O–H groups in total. The van der Waals surface area contributed by atoms with Gasteiger partial charge in [-0.05, 0) is 46.2 Å². The molecule has 2 aliphatic carbocycles. The van der Waals surface area contributed by atoms with E-state index >= 15 is 0 Å². The lowest BCUT2D eigenvalue weighted by molar-refractivity contribution is 0.185. The van der Waals surface area contributed by atoms with Gasteiger partial charge in [0.25, 0.3) is 0 Å². The SMILES string of the molecule is CN(C)C1CCCC(NC2CCCCC2)C1. The molecule has 2 unspecified atom stereocenters. The summed E-state index contributed by atoms with van der Waals surface area (Å²) in [5.41, 5.74) is 0. The maximum atomic E-state index is 3.92. The summed E-state index contributed by atoms with van der Waals surface area (Å²) in [5.74, 6) is 0. The van der Waals surface area contributed by atoms with Crippen molar-refractivity contribution in [2.24, 2.45) is 0 Å². The van der Waals surface area contributed by atoms with E-state index in [9.17, 15) is 0 Å². The first-order valence-corrected chi connectivity index (χ1v) is 7.18. The summed E-state index contributed by atoms with van der Waals surface area (Å²) in [7, 11) is 4.46. The van der Waals surface area contributed by atoms with Gasteiger partial charge in [0.1, 0.15) is 0 Å². The molecule has 2 saturated carbocycles. The van der Waals surface area contributed by atoms with E-state index in [-0.39, 0.29) is 0 Å². The second kappa shape index (κ2) is 6.02. The number of hydrogen-bond acceptors (Lipinski definition) is 2. The molecule has 94 valence electrons. The molecule has 0 spiro atoms. The summed E-state index contributed by atoms with van der Waals surface area (Å²) in [4.78, 5) is 2.41. The Kier molecular flexibility index (Phi) is 4.66. The lowest BCUT2D eigenvalue weighted by Crippen LogP contribution is -2.45. The van der Waals surface area contributed by atoms with Gasteiger partial charge in [-0.2, -0.15) is 0 Å². The van der Waals surface area contributed by atoms with E-state index < -0.39 is 0 Å². The highest BCUT2D eigenvalue weighted by Crippen LogP contribution is 2.24. The minimum absolute atomic E-state index is 0.796. The zero-order chi connectivity index (χ0) is 11.4. The molecule has 2 heteroatoms. The molecule has 0 aromatic rings. The minimum Gasteiger partial charge on any atom is -0.311 e. The Balaban J connectivity index is 1.75. The zero-order valence-electron chi connectivity index (χ0n) is 11.0. The Bertz CT molecular complexity index is 197. The Hall–Kier alpha value is -0.0800. The van der Waals surface area contributed by atoms with Gasteiger partial charge in [0.2, 0.25) is 0 Å². The summed E-state index contributed by atoms with van der Waals surface area (Å²) in [6, 6.07) is 2.44. The van der Waals surface area contributed by atoms with Crippen molar-refractivity contribution in [1.82, 2.24) is 10.2 Å². The Morgan fingerprint density at radius 3 is 2.19 bits per heavy atom. The summed E-state index contributed by atoms with van der Waals surface area (Å²) < 4.78 is 0. The van der Waals surface area contributed by atoms with Crippen LogP contribution in [0.1, 0.15) is 57.8 Å². The summed E-state index contributed by atoms with van der Waals surface area (Å²) in [6.45, 7) is 0. The van der Waals surface area contributed by atoms with Crippen LogP contribution in [0.25, 0.3) is 0 Å². The first-order chi connectivity index (χ1) is 7.75. The van der Waals surface area contributed by atoms with Crippen molar-refractivity contribution < 1.29 is 0 Å². The number of nitrogens with zero attached hydrogens (tertiary/aromatic N) is 1. The fraction of sp³-hybridized carbons (Fsp3) is 1.00. The largest absolute Gasteiger partial charge is 0.311 e. The first kappa shape index (κ1) is 12.4. The van der Waals surface area contributed by atoms with Gasteiger partial charge in [-0.1, -0.05) is 25.7 Å². The normalized spacial score (nSPS) is 33.2. The maximum Gasteiger partial charge on any atom is 0.0104 e. The molecule has 0 aromatic heterocycles. The predicted octanol–water partition coefficient (Wildman–Crippen LogP) is 2.78.